The summed E-state index contributed by atoms with van der Waals surface area (Å²) >= 11 is 0. The molecule has 1 atom stereocenters. The highest BCUT2D eigenvalue weighted by molar-refractivity contribution is 5.98. The molecule has 4 rings (SSSR count). The van der Waals surface area contributed by atoms with Crippen molar-refractivity contribution < 1.29 is 9.53 Å². The van der Waals surface area contributed by atoms with Gasteiger partial charge in [0.25, 0.3) is 5.91 Å². The lowest BCUT2D eigenvalue weighted by Gasteiger charge is -2.33. The SMILES string of the molecule is CC1CN(c2nc(N/C=C\C(=N)OCCC(C3CC3)C3CC3)ccc2C(N)=O)C(C)(C)C1. The Labute approximate surface area is 191 Å². The monoisotopic (exact) mass is 439 g/mol. The molecule has 0 aromatic carbocycles. The number of rotatable bonds is 10. The zero-order chi connectivity index (χ0) is 22.9. The standard InChI is InChI=1S/C25H37N5O2/c1-16-14-25(2,3)30(15-16)24-20(23(27)31)8-9-22(29-24)28-12-10-21(26)32-13-11-19(17-4-5-17)18-6-7-18/h8-10,12,16-19,26H,4-7,11,13-15H2,1-3H3,(H2,27,31)(H,28,29)/b12-10-,26-21?. The van der Waals surface area contributed by atoms with Gasteiger partial charge in [0.1, 0.15) is 11.6 Å². The fourth-order valence-corrected chi connectivity index (χ4v) is 5.35. The van der Waals surface area contributed by atoms with E-state index in [9.17, 15) is 4.79 Å². The third-order valence-electron chi connectivity index (χ3n) is 7.10. The predicted molar refractivity (Wildman–Crippen MR) is 128 cm³/mol. The van der Waals surface area contributed by atoms with E-state index >= 15 is 0 Å². The summed E-state index contributed by atoms with van der Waals surface area (Å²) in [6.45, 7) is 7.98. The van der Waals surface area contributed by atoms with Gasteiger partial charge in [-0.1, -0.05) is 6.92 Å². The Kier molecular flexibility index (Phi) is 6.45. The molecule has 1 unspecified atom stereocenters. The molecule has 32 heavy (non-hydrogen) atoms. The highest BCUT2D eigenvalue weighted by Crippen LogP contribution is 2.50. The van der Waals surface area contributed by atoms with Gasteiger partial charge in [-0.05, 0) is 88.2 Å². The largest absolute Gasteiger partial charge is 0.478 e. The van der Waals surface area contributed by atoms with Crippen molar-refractivity contribution in [3.05, 3.63) is 30.0 Å². The van der Waals surface area contributed by atoms with Gasteiger partial charge in [0, 0.05) is 24.4 Å². The summed E-state index contributed by atoms with van der Waals surface area (Å²) in [6, 6.07) is 3.46. The maximum Gasteiger partial charge on any atom is 0.252 e. The molecule has 7 nitrogen and oxygen atoms in total. The second-order valence-corrected chi connectivity index (χ2v) is 10.5. The number of carbonyl (C=O) groups is 1. The third kappa shape index (κ3) is 5.43. The number of hydrogen-bond donors (Lipinski definition) is 3. The van der Waals surface area contributed by atoms with Crippen LogP contribution in [0, 0.1) is 29.1 Å². The second kappa shape index (κ2) is 9.12. The van der Waals surface area contributed by atoms with E-state index in [0.29, 0.717) is 29.7 Å². The molecule has 1 aromatic rings. The van der Waals surface area contributed by atoms with E-state index < -0.39 is 5.91 Å². The lowest BCUT2D eigenvalue weighted by molar-refractivity contribution is 0.100. The maximum absolute atomic E-state index is 12.0. The topological polar surface area (TPSA) is 104 Å². The molecule has 7 heteroatoms. The summed E-state index contributed by atoms with van der Waals surface area (Å²) in [4.78, 5) is 18.9. The van der Waals surface area contributed by atoms with E-state index in [2.05, 4.69) is 31.0 Å². The third-order valence-corrected chi connectivity index (χ3v) is 7.10. The quantitative estimate of drug-likeness (QED) is 0.366. The summed E-state index contributed by atoms with van der Waals surface area (Å²) in [5.41, 5.74) is 5.96. The molecule has 174 valence electrons. The Morgan fingerprint density at radius 2 is 2.03 bits per heavy atom. The highest BCUT2D eigenvalue weighted by Gasteiger charge is 2.41. The Hall–Kier alpha value is -2.57. The van der Waals surface area contributed by atoms with E-state index in [1.165, 1.54) is 25.7 Å². The van der Waals surface area contributed by atoms with Crippen molar-refractivity contribution >= 4 is 23.4 Å². The molecule has 2 aliphatic carbocycles. The van der Waals surface area contributed by atoms with Gasteiger partial charge in [-0.25, -0.2) is 4.98 Å². The van der Waals surface area contributed by atoms with Crippen LogP contribution >= 0.6 is 0 Å². The molecule has 0 spiro atoms. The van der Waals surface area contributed by atoms with Gasteiger partial charge in [0.2, 0.25) is 5.90 Å². The van der Waals surface area contributed by atoms with Crippen molar-refractivity contribution in [2.24, 2.45) is 29.4 Å². The van der Waals surface area contributed by atoms with E-state index in [4.69, 9.17) is 20.9 Å². The molecule has 2 heterocycles. The van der Waals surface area contributed by atoms with E-state index in [1.54, 1.807) is 24.4 Å². The molecule has 4 N–H and O–H groups in total. The van der Waals surface area contributed by atoms with Crippen LogP contribution in [-0.2, 0) is 4.74 Å². The van der Waals surface area contributed by atoms with Gasteiger partial charge in [0.05, 0.1) is 12.2 Å². The fraction of sp³-hybridized carbons (Fsp3) is 0.640. The molecule has 0 radical (unpaired) electrons. The van der Waals surface area contributed by atoms with Gasteiger partial charge < -0.3 is 20.7 Å². The first-order valence-corrected chi connectivity index (χ1v) is 12.0. The molecule has 1 amide bonds. The van der Waals surface area contributed by atoms with Gasteiger partial charge in [-0.3, -0.25) is 10.2 Å². The Bertz CT molecular complexity index is 876. The number of pyridine rings is 1. The first-order valence-electron chi connectivity index (χ1n) is 12.0. The number of hydrogen-bond acceptors (Lipinski definition) is 6. The van der Waals surface area contributed by atoms with Crippen LogP contribution in [0.15, 0.2) is 24.4 Å². The molecule has 1 aliphatic heterocycles. The smallest absolute Gasteiger partial charge is 0.252 e. The van der Waals surface area contributed by atoms with Crippen molar-refractivity contribution in [2.45, 2.75) is 64.8 Å². The molecule has 0 bridgehead atoms. The number of anilines is 2. The summed E-state index contributed by atoms with van der Waals surface area (Å²) in [6.07, 6.45) is 10.9. The number of ether oxygens (including phenoxy) is 1. The van der Waals surface area contributed by atoms with Crippen molar-refractivity contribution in [1.82, 2.24) is 4.98 Å². The first-order chi connectivity index (χ1) is 15.2. The number of aromatic nitrogens is 1. The number of amides is 1. The maximum atomic E-state index is 12.0. The average Bonchev–Trinajstić information content (AvgIpc) is 3.63. The van der Waals surface area contributed by atoms with Crippen molar-refractivity contribution in [2.75, 3.05) is 23.4 Å². The van der Waals surface area contributed by atoms with E-state index in [-0.39, 0.29) is 11.4 Å². The van der Waals surface area contributed by atoms with Crippen LogP contribution in [0.1, 0.15) is 69.7 Å². The molecular formula is C25H37N5O2. The number of nitrogens with two attached hydrogens (primary N) is 1. The van der Waals surface area contributed by atoms with Crippen LogP contribution in [0.4, 0.5) is 11.6 Å². The van der Waals surface area contributed by atoms with Gasteiger partial charge in [0.15, 0.2) is 0 Å². The van der Waals surface area contributed by atoms with Crippen LogP contribution in [0.5, 0.6) is 0 Å². The molecule has 1 saturated heterocycles. The molecule has 3 aliphatic rings. The van der Waals surface area contributed by atoms with Crippen molar-refractivity contribution in [3.63, 3.8) is 0 Å². The summed E-state index contributed by atoms with van der Waals surface area (Å²) in [5, 5.41) is 11.2. The van der Waals surface area contributed by atoms with Crippen LogP contribution in [0.25, 0.3) is 0 Å². The average molecular weight is 440 g/mol. The molecular weight excluding hydrogens is 402 g/mol. The van der Waals surface area contributed by atoms with Gasteiger partial charge in [-0.15, -0.1) is 0 Å². The summed E-state index contributed by atoms with van der Waals surface area (Å²) in [7, 11) is 0. The number of primary amides is 1. The minimum absolute atomic E-state index is 0.0974. The normalized spacial score (nSPS) is 22.5. The van der Waals surface area contributed by atoms with Crippen molar-refractivity contribution in [1.29, 1.82) is 5.41 Å². The predicted octanol–water partition coefficient (Wildman–Crippen LogP) is 4.55. The minimum Gasteiger partial charge on any atom is -0.478 e. The van der Waals surface area contributed by atoms with Crippen LogP contribution < -0.4 is 16.0 Å². The Morgan fingerprint density at radius 3 is 2.59 bits per heavy atom. The fourth-order valence-electron chi connectivity index (χ4n) is 5.35. The van der Waals surface area contributed by atoms with Gasteiger partial charge >= 0.3 is 0 Å². The number of nitrogens with zero attached hydrogens (tertiary/aromatic N) is 2. The zero-order valence-corrected chi connectivity index (χ0v) is 19.6. The Balaban J connectivity index is 1.34. The van der Waals surface area contributed by atoms with E-state index in [0.717, 1.165) is 37.1 Å². The lowest BCUT2D eigenvalue weighted by Crippen LogP contribution is -2.40. The summed E-state index contributed by atoms with van der Waals surface area (Å²) < 4.78 is 5.63. The lowest BCUT2D eigenvalue weighted by atomic mass is 9.95. The number of nitrogens with one attached hydrogen (secondary N) is 2. The Morgan fingerprint density at radius 1 is 1.34 bits per heavy atom. The van der Waals surface area contributed by atoms with E-state index in [1.807, 2.05) is 0 Å². The van der Waals surface area contributed by atoms with Crippen LogP contribution in [0.3, 0.4) is 0 Å². The van der Waals surface area contributed by atoms with Crippen molar-refractivity contribution in [3.8, 4) is 0 Å². The van der Waals surface area contributed by atoms with Gasteiger partial charge in [-0.2, -0.15) is 0 Å². The minimum atomic E-state index is -0.476. The first kappa shape index (κ1) is 22.6. The molecule has 1 aromatic heterocycles. The second-order valence-electron chi connectivity index (χ2n) is 10.5. The zero-order valence-electron chi connectivity index (χ0n) is 19.6. The van der Waals surface area contributed by atoms with Crippen LogP contribution in [-0.4, -0.2) is 35.5 Å². The highest BCUT2D eigenvalue weighted by atomic mass is 16.5. The number of carbonyl (C=O) groups excluding carboxylic acids is 1. The molecule has 3 fully saturated rings. The molecule has 2 saturated carbocycles. The summed E-state index contributed by atoms with van der Waals surface area (Å²) in [5.74, 6) is 4.02. The van der Waals surface area contributed by atoms with Crippen LogP contribution in [0.2, 0.25) is 0 Å².